The van der Waals surface area contributed by atoms with Crippen LogP contribution in [0.5, 0.6) is 0 Å². The standard InChI is InChI=1S/C13H21NSi/c1-15(2,3)11-14-9-8-12-6-4-5-7-13(12)10-14/h4-7H,8-11H2,1-3H3. The third-order valence-corrected chi connectivity index (χ3v) is 4.30. The SMILES string of the molecule is C[Si](C)(C)CN1CCc2ccccc2C1. The summed E-state index contributed by atoms with van der Waals surface area (Å²) < 4.78 is 0. The van der Waals surface area contributed by atoms with Gasteiger partial charge < -0.3 is 4.90 Å². The smallest absolute Gasteiger partial charge is 0.0599 e. The maximum atomic E-state index is 2.63. The van der Waals surface area contributed by atoms with Crippen LogP contribution < -0.4 is 0 Å². The summed E-state index contributed by atoms with van der Waals surface area (Å²) in [4.78, 5) is 2.63. The first kappa shape index (κ1) is 10.9. The van der Waals surface area contributed by atoms with E-state index in [-0.39, 0.29) is 0 Å². The molecule has 2 heteroatoms. The Hall–Kier alpha value is -0.603. The number of hydrogen-bond donors (Lipinski definition) is 0. The van der Waals surface area contributed by atoms with E-state index in [4.69, 9.17) is 0 Å². The monoisotopic (exact) mass is 219 g/mol. The van der Waals surface area contributed by atoms with Crippen molar-refractivity contribution >= 4 is 8.07 Å². The van der Waals surface area contributed by atoms with Gasteiger partial charge in [-0.3, -0.25) is 0 Å². The van der Waals surface area contributed by atoms with Crippen molar-refractivity contribution in [2.24, 2.45) is 0 Å². The molecule has 1 aliphatic heterocycles. The lowest BCUT2D eigenvalue weighted by molar-refractivity contribution is 0.291. The topological polar surface area (TPSA) is 3.24 Å². The maximum absolute atomic E-state index is 2.63. The first-order valence-corrected chi connectivity index (χ1v) is 9.54. The van der Waals surface area contributed by atoms with E-state index in [1.54, 1.807) is 11.1 Å². The lowest BCUT2D eigenvalue weighted by atomic mass is 10.0. The van der Waals surface area contributed by atoms with Gasteiger partial charge in [0.05, 0.1) is 8.07 Å². The van der Waals surface area contributed by atoms with E-state index in [1.165, 1.54) is 25.7 Å². The normalized spacial score (nSPS) is 17.5. The van der Waals surface area contributed by atoms with Crippen molar-refractivity contribution in [2.45, 2.75) is 32.6 Å². The Morgan fingerprint density at radius 1 is 1.13 bits per heavy atom. The van der Waals surface area contributed by atoms with Crippen molar-refractivity contribution in [1.82, 2.24) is 4.90 Å². The molecule has 1 aliphatic rings. The Balaban J connectivity index is 2.06. The van der Waals surface area contributed by atoms with E-state index in [0.29, 0.717) is 0 Å². The van der Waals surface area contributed by atoms with Gasteiger partial charge in [0.2, 0.25) is 0 Å². The molecular weight excluding hydrogens is 198 g/mol. The number of nitrogens with zero attached hydrogens (tertiary/aromatic N) is 1. The van der Waals surface area contributed by atoms with Crippen LogP contribution in [-0.4, -0.2) is 25.7 Å². The van der Waals surface area contributed by atoms with E-state index >= 15 is 0 Å². The quantitative estimate of drug-likeness (QED) is 0.691. The zero-order valence-electron chi connectivity index (χ0n) is 10.1. The molecular formula is C13H21NSi. The summed E-state index contributed by atoms with van der Waals surface area (Å²) in [5.74, 6) is 0. The summed E-state index contributed by atoms with van der Waals surface area (Å²) in [5, 5.41) is 0. The summed E-state index contributed by atoms with van der Waals surface area (Å²) in [5.41, 5.74) is 3.10. The fraction of sp³-hybridized carbons (Fsp3) is 0.538. The predicted octanol–water partition coefficient (Wildman–Crippen LogP) is 2.92. The Kier molecular flexibility index (Phi) is 2.98. The minimum Gasteiger partial charge on any atom is -0.302 e. The molecule has 2 rings (SSSR count). The molecule has 0 amide bonds. The number of fused-ring (bicyclic) bond motifs is 1. The third-order valence-electron chi connectivity index (χ3n) is 2.91. The second-order valence-corrected chi connectivity index (χ2v) is 11.2. The molecule has 82 valence electrons. The molecule has 15 heavy (non-hydrogen) atoms. The largest absolute Gasteiger partial charge is 0.302 e. The lowest BCUT2D eigenvalue weighted by Crippen LogP contribution is -2.42. The van der Waals surface area contributed by atoms with Crippen molar-refractivity contribution in [3.63, 3.8) is 0 Å². The molecule has 0 N–H and O–H groups in total. The highest BCUT2D eigenvalue weighted by Crippen LogP contribution is 2.19. The van der Waals surface area contributed by atoms with Gasteiger partial charge in [-0.15, -0.1) is 0 Å². The van der Waals surface area contributed by atoms with Gasteiger partial charge >= 0.3 is 0 Å². The highest BCUT2D eigenvalue weighted by molar-refractivity contribution is 6.76. The Bertz CT molecular complexity index is 341. The molecule has 1 aromatic carbocycles. The molecule has 0 radical (unpaired) electrons. The zero-order valence-corrected chi connectivity index (χ0v) is 11.1. The van der Waals surface area contributed by atoms with Crippen LogP contribution in [0.3, 0.4) is 0 Å². The van der Waals surface area contributed by atoms with Crippen molar-refractivity contribution < 1.29 is 0 Å². The number of benzene rings is 1. The fourth-order valence-corrected chi connectivity index (χ4v) is 3.97. The van der Waals surface area contributed by atoms with Gasteiger partial charge in [-0.25, -0.2) is 0 Å². The second kappa shape index (κ2) is 4.10. The summed E-state index contributed by atoms with van der Waals surface area (Å²) >= 11 is 0. The summed E-state index contributed by atoms with van der Waals surface area (Å²) in [6.45, 7) is 9.77. The first-order chi connectivity index (χ1) is 7.04. The highest BCUT2D eigenvalue weighted by Gasteiger charge is 2.21. The van der Waals surface area contributed by atoms with Gasteiger partial charge in [-0.2, -0.15) is 0 Å². The van der Waals surface area contributed by atoms with Gasteiger partial charge in [0.25, 0.3) is 0 Å². The molecule has 0 saturated carbocycles. The van der Waals surface area contributed by atoms with Crippen LogP contribution in [0.4, 0.5) is 0 Å². The van der Waals surface area contributed by atoms with Crippen LogP contribution in [0.2, 0.25) is 19.6 Å². The number of rotatable bonds is 2. The molecule has 1 heterocycles. The minimum absolute atomic E-state index is 0.940. The zero-order chi connectivity index (χ0) is 10.9. The predicted molar refractivity (Wildman–Crippen MR) is 68.8 cm³/mol. The molecule has 1 aromatic rings. The van der Waals surface area contributed by atoms with Gasteiger partial charge in [0.1, 0.15) is 0 Å². The summed E-state index contributed by atoms with van der Waals surface area (Å²) in [6, 6.07) is 8.89. The van der Waals surface area contributed by atoms with Crippen LogP contribution in [0.15, 0.2) is 24.3 Å². The molecule has 1 nitrogen and oxygen atoms in total. The summed E-state index contributed by atoms with van der Waals surface area (Å²) in [6.07, 6.45) is 2.57. The van der Waals surface area contributed by atoms with E-state index in [1.807, 2.05) is 0 Å². The van der Waals surface area contributed by atoms with E-state index in [9.17, 15) is 0 Å². The van der Waals surface area contributed by atoms with Crippen LogP contribution in [-0.2, 0) is 13.0 Å². The molecule has 0 atom stereocenters. The van der Waals surface area contributed by atoms with Crippen molar-refractivity contribution in [2.75, 3.05) is 12.7 Å². The van der Waals surface area contributed by atoms with Crippen molar-refractivity contribution in [3.05, 3.63) is 35.4 Å². The molecule has 0 fully saturated rings. The Morgan fingerprint density at radius 2 is 1.80 bits per heavy atom. The maximum Gasteiger partial charge on any atom is 0.0599 e. The molecule has 0 aliphatic carbocycles. The van der Waals surface area contributed by atoms with Crippen LogP contribution in [0.25, 0.3) is 0 Å². The van der Waals surface area contributed by atoms with Crippen LogP contribution in [0.1, 0.15) is 11.1 Å². The van der Waals surface area contributed by atoms with Gasteiger partial charge in [-0.05, 0) is 23.7 Å². The average molecular weight is 219 g/mol. The van der Waals surface area contributed by atoms with E-state index < -0.39 is 8.07 Å². The second-order valence-electron chi connectivity index (χ2n) is 5.79. The Morgan fingerprint density at radius 3 is 2.47 bits per heavy atom. The molecule has 0 spiro atoms. The van der Waals surface area contributed by atoms with Gasteiger partial charge in [0, 0.05) is 13.1 Å². The van der Waals surface area contributed by atoms with Crippen LogP contribution >= 0.6 is 0 Å². The van der Waals surface area contributed by atoms with Crippen molar-refractivity contribution in [1.29, 1.82) is 0 Å². The van der Waals surface area contributed by atoms with Crippen LogP contribution in [0, 0.1) is 0 Å². The third kappa shape index (κ3) is 2.92. The lowest BCUT2D eigenvalue weighted by Gasteiger charge is -2.33. The molecule has 0 saturated heterocycles. The fourth-order valence-electron chi connectivity index (χ4n) is 2.36. The summed E-state index contributed by atoms with van der Waals surface area (Å²) in [7, 11) is -0.940. The van der Waals surface area contributed by atoms with E-state index in [0.717, 1.165) is 0 Å². The Labute approximate surface area is 94.1 Å². The molecule has 0 aromatic heterocycles. The van der Waals surface area contributed by atoms with Crippen molar-refractivity contribution in [3.8, 4) is 0 Å². The first-order valence-electron chi connectivity index (χ1n) is 5.84. The molecule has 0 unspecified atom stereocenters. The number of hydrogen-bond acceptors (Lipinski definition) is 1. The van der Waals surface area contributed by atoms with Gasteiger partial charge in [0.15, 0.2) is 0 Å². The van der Waals surface area contributed by atoms with E-state index in [2.05, 4.69) is 48.8 Å². The molecule has 0 bridgehead atoms. The minimum atomic E-state index is -0.940. The van der Waals surface area contributed by atoms with Gasteiger partial charge in [-0.1, -0.05) is 43.9 Å². The highest BCUT2D eigenvalue weighted by atomic mass is 28.3. The average Bonchev–Trinajstić information content (AvgIpc) is 2.15.